The van der Waals surface area contributed by atoms with Gasteiger partial charge in [-0.1, -0.05) is 63.4 Å². The standard InChI is InChI=1S/C21H34N2O2/c1-3-4-6-11-21(22-23-24)17(2)16-25-20-14-12-19(13-15-20)18-9-7-5-8-10-18/h5,7-10,17,19-21H,3-4,6,11-16H2,1-2H3,(H,22,24). The molecule has 1 aromatic carbocycles. The summed E-state index contributed by atoms with van der Waals surface area (Å²) < 4.78 is 6.18. The van der Waals surface area contributed by atoms with Gasteiger partial charge in [0.15, 0.2) is 0 Å². The van der Waals surface area contributed by atoms with E-state index in [1.165, 1.54) is 31.2 Å². The Hall–Kier alpha value is -1.42. The van der Waals surface area contributed by atoms with Crippen LogP contribution in [0.5, 0.6) is 0 Å². The van der Waals surface area contributed by atoms with Crippen molar-refractivity contribution in [2.24, 2.45) is 11.2 Å². The van der Waals surface area contributed by atoms with Crippen molar-refractivity contribution in [3.05, 3.63) is 40.8 Å². The van der Waals surface area contributed by atoms with Crippen molar-refractivity contribution in [2.45, 2.75) is 83.3 Å². The third-order valence-electron chi connectivity index (χ3n) is 5.56. The molecule has 0 saturated heterocycles. The molecule has 25 heavy (non-hydrogen) atoms. The summed E-state index contributed by atoms with van der Waals surface area (Å²) in [6.45, 7) is 5.06. The lowest BCUT2D eigenvalue weighted by Gasteiger charge is -2.31. The van der Waals surface area contributed by atoms with Crippen LogP contribution < -0.4 is 5.43 Å². The monoisotopic (exact) mass is 346 g/mol. The molecule has 2 rings (SSSR count). The highest BCUT2D eigenvalue weighted by Gasteiger charge is 2.24. The maximum atomic E-state index is 10.6. The molecule has 0 spiro atoms. The highest BCUT2D eigenvalue weighted by molar-refractivity contribution is 5.19. The molecule has 2 atom stereocenters. The quantitative estimate of drug-likeness (QED) is 0.323. The molecule has 140 valence electrons. The fourth-order valence-electron chi connectivity index (χ4n) is 3.85. The molecule has 0 heterocycles. The minimum atomic E-state index is 0.129. The third kappa shape index (κ3) is 6.77. The van der Waals surface area contributed by atoms with E-state index in [2.05, 4.69) is 54.9 Å². The Kier molecular flexibility index (Phi) is 8.95. The third-order valence-corrected chi connectivity index (χ3v) is 5.56. The van der Waals surface area contributed by atoms with Crippen LogP contribution in [0.15, 0.2) is 35.6 Å². The van der Waals surface area contributed by atoms with Crippen LogP contribution in [-0.2, 0) is 4.74 Å². The summed E-state index contributed by atoms with van der Waals surface area (Å²) in [6, 6.07) is 11.0. The van der Waals surface area contributed by atoms with Gasteiger partial charge in [-0.05, 0) is 43.6 Å². The van der Waals surface area contributed by atoms with Crippen molar-refractivity contribution in [3.63, 3.8) is 0 Å². The topological polar surface area (TPSA) is 50.7 Å². The Bertz CT molecular complexity index is 472. The van der Waals surface area contributed by atoms with E-state index in [-0.39, 0.29) is 6.04 Å². The predicted molar refractivity (Wildman–Crippen MR) is 103 cm³/mol. The van der Waals surface area contributed by atoms with Gasteiger partial charge in [-0.2, -0.15) is 0 Å². The summed E-state index contributed by atoms with van der Waals surface area (Å²) in [5.74, 6) is 0.989. The van der Waals surface area contributed by atoms with Gasteiger partial charge in [-0.15, -0.1) is 4.91 Å². The van der Waals surface area contributed by atoms with Crippen LogP contribution in [-0.4, -0.2) is 18.8 Å². The van der Waals surface area contributed by atoms with E-state index < -0.39 is 0 Å². The maximum absolute atomic E-state index is 10.6. The van der Waals surface area contributed by atoms with Crippen molar-refractivity contribution in [2.75, 3.05) is 6.61 Å². The molecular weight excluding hydrogens is 312 g/mol. The number of nitroso groups, excluding NO2 is 1. The van der Waals surface area contributed by atoms with Gasteiger partial charge in [-0.3, -0.25) is 5.43 Å². The Morgan fingerprint density at radius 2 is 1.88 bits per heavy atom. The fourth-order valence-corrected chi connectivity index (χ4v) is 3.85. The number of ether oxygens (including phenoxy) is 1. The summed E-state index contributed by atoms with van der Waals surface area (Å²) in [7, 11) is 0. The summed E-state index contributed by atoms with van der Waals surface area (Å²) in [6.07, 6.45) is 9.56. The normalized spacial score (nSPS) is 23.0. The van der Waals surface area contributed by atoms with Gasteiger partial charge >= 0.3 is 0 Å². The summed E-state index contributed by atoms with van der Waals surface area (Å²) >= 11 is 0. The second-order valence-electron chi connectivity index (χ2n) is 7.52. The Labute approximate surface area is 152 Å². The van der Waals surface area contributed by atoms with Crippen LogP contribution in [0.1, 0.15) is 76.7 Å². The Balaban J connectivity index is 1.70. The van der Waals surface area contributed by atoms with Gasteiger partial charge in [0.05, 0.1) is 18.8 Å². The maximum Gasteiger partial charge on any atom is 0.0575 e. The van der Waals surface area contributed by atoms with E-state index in [4.69, 9.17) is 4.74 Å². The summed E-state index contributed by atoms with van der Waals surface area (Å²) in [4.78, 5) is 10.6. The van der Waals surface area contributed by atoms with E-state index in [9.17, 15) is 4.91 Å². The van der Waals surface area contributed by atoms with Crippen LogP contribution >= 0.6 is 0 Å². The fraction of sp³-hybridized carbons (Fsp3) is 0.714. The number of hydrogen-bond acceptors (Lipinski definition) is 3. The average molecular weight is 347 g/mol. The highest BCUT2D eigenvalue weighted by Crippen LogP contribution is 2.34. The van der Waals surface area contributed by atoms with Gasteiger partial charge in [-0.25, -0.2) is 0 Å². The first-order valence-electron chi connectivity index (χ1n) is 9.99. The molecule has 1 aliphatic carbocycles. The number of benzene rings is 1. The molecule has 0 amide bonds. The second kappa shape index (κ2) is 11.2. The molecule has 4 heteroatoms. The SMILES string of the molecule is CCCCCC(NN=O)C(C)COC1CCC(c2ccccc2)CC1. The molecule has 1 saturated carbocycles. The first-order valence-corrected chi connectivity index (χ1v) is 9.99. The van der Waals surface area contributed by atoms with Crippen molar-refractivity contribution < 1.29 is 4.74 Å². The van der Waals surface area contributed by atoms with E-state index in [0.717, 1.165) is 25.7 Å². The van der Waals surface area contributed by atoms with E-state index in [0.29, 0.717) is 24.5 Å². The van der Waals surface area contributed by atoms with E-state index in [1.807, 2.05) is 0 Å². The van der Waals surface area contributed by atoms with Crippen LogP contribution in [0.25, 0.3) is 0 Å². The molecule has 0 aliphatic heterocycles. The van der Waals surface area contributed by atoms with Gasteiger partial charge in [0.2, 0.25) is 0 Å². The van der Waals surface area contributed by atoms with E-state index >= 15 is 0 Å². The van der Waals surface area contributed by atoms with Crippen LogP contribution in [0, 0.1) is 10.8 Å². The Morgan fingerprint density at radius 3 is 2.52 bits per heavy atom. The predicted octanol–water partition coefficient (Wildman–Crippen LogP) is 5.59. The van der Waals surface area contributed by atoms with Gasteiger partial charge in [0.1, 0.15) is 0 Å². The molecule has 0 aromatic heterocycles. The largest absolute Gasteiger partial charge is 0.378 e. The second-order valence-corrected chi connectivity index (χ2v) is 7.52. The highest BCUT2D eigenvalue weighted by atomic mass is 16.5. The van der Waals surface area contributed by atoms with Crippen LogP contribution in [0.4, 0.5) is 0 Å². The van der Waals surface area contributed by atoms with Crippen LogP contribution in [0.3, 0.4) is 0 Å². The van der Waals surface area contributed by atoms with Crippen molar-refractivity contribution in [1.82, 2.24) is 5.43 Å². The molecule has 1 aliphatic rings. The molecule has 1 aromatic rings. The summed E-state index contributed by atoms with van der Waals surface area (Å²) in [5.41, 5.74) is 4.21. The first-order chi connectivity index (χ1) is 12.2. The van der Waals surface area contributed by atoms with Crippen molar-refractivity contribution in [3.8, 4) is 0 Å². The number of nitrogens with zero attached hydrogens (tertiary/aromatic N) is 1. The van der Waals surface area contributed by atoms with Gasteiger partial charge in [0, 0.05) is 11.2 Å². The zero-order valence-corrected chi connectivity index (χ0v) is 15.8. The molecule has 1 N–H and O–H groups in total. The zero-order valence-electron chi connectivity index (χ0n) is 15.8. The smallest absolute Gasteiger partial charge is 0.0575 e. The molecule has 1 fully saturated rings. The number of unbranched alkanes of at least 4 members (excludes halogenated alkanes) is 2. The molecular formula is C21H34N2O2. The van der Waals surface area contributed by atoms with Gasteiger partial charge in [0.25, 0.3) is 0 Å². The molecule has 0 radical (unpaired) electrons. The minimum absolute atomic E-state index is 0.129. The zero-order chi connectivity index (χ0) is 17.9. The lowest BCUT2D eigenvalue weighted by Crippen LogP contribution is -2.35. The lowest BCUT2D eigenvalue weighted by atomic mass is 9.83. The molecule has 4 nitrogen and oxygen atoms in total. The van der Waals surface area contributed by atoms with Crippen molar-refractivity contribution >= 4 is 0 Å². The minimum Gasteiger partial charge on any atom is -0.378 e. The number of nitrogens with one attached hydrogen (secondary N) is 1. The van der Waals surface area contributed by atoms with Crippen molar-refractivity contribution in [1.29, 1.82) is 0 Å². The van der Waals surface area contributed by atoms with E-state index in [1.54, 1.807) is 0 Å². The first kappa shape index (κ1) is 19.9. The summed E-state index contributed by atoms with van der Waals surface area (Å²) in [5, 5.41) is 2.92. The van der Waals surface area contributed by atoms with Gasteiger partial charge < -0.3 is 4.74 Å². The van der Waals surface area contributed by atoms with Crippen LogP contribution in [0.2, 0.25) is 0 Å². The number of rotatable bonds is 11. The molecule has 0 bridgehead atoms. The average Bonchev–Trinajstić information content (AvgIpc) is 2.66. The lowest BCUT2D eigenvalue weighted by molar-refractivity contribution is 0.000584. The number of hydrogen-bond donors (Lipinski definition) is 1. The Morgan fingerprint density at radius 1 is 1.16 bits per heavy atom. The molecule has 2 unspecified atom stereocenters.